The predicted molar refractivity (Wildman–Crippen MR) is 70.5 cm³/mol. The molecule has 2 rings (SSSR count). The van der Waals surface area contributed by atoms with Crippen LogP contribution in [0.1, 0.15) is 11.3 Å². The fourth-order valence-electron chi connectivity index (χ4n) is 1.25. The van der Waals surface area contributed by atoms with Crippen LogP contribution in [0.25, 0.3) is 0 Å². The van der Waals surface area contributed by atoms with Crippen LogP contribution in [-0.2, 0) is 5.75 Å². The van der Waals surface area contributed by atoms with Crippen molar-refractivity contribution in [1.29, 1.82) is 5.26 Å². The molecule has 0 bridgehead atoms. The summed E-state index contributed by atoms with van der Waals surface area (Å²) >= 11 is 5.07. The van der Waals surface area contributed by atoms with Gasteiger partial charge in [0.05, 0.1) is 0 Å². The van der Waals surface area contributed by atoms with Crippen molar-refractivity contribution in [2.75, 3.05) is 0 Å². The molecule has 2 heterocycles. The molecule has 0 amide bonds. The van der Waals surface area contributed by atoms with Gasteiger partial charge in [-0.15, -0.1) is 11.8 Å². The lowest BCUT2D eigenvalue weighted by atomic mass is 10.2. The van der Waals surface area contributed by atoms with Crippen molar-refractivity contribution in [2.24, 2.45) is 0 Å². The number of nitriles is 1. The van der Waals surface area contributed by atoms with Crippen LogP contribution in [0.4, 0.5) is 0 Å². The molecule has 0 radical (unpaired) electrons. The highest BCUT2D eigenvalue weighted by Crippen LogP contribution is 2.27. The molecule has 0 saturated heterocycles. The summed E-state index contributed by atoms with van der Waals surface area (Å²) < 4.78 is 0.986. The van der Waals surface area contributed by atoms with E-state index in [9.17, 15) is 0 Å². The van der Waals surface area contributed by atoms with E-state index in [4.69, 9.17) is 5.26 Å². The molecule has 2 aromatic rings. The van der Waals surface area contributed by atoms with Crippen LogP contribution in [0.2, 0.25) is 0 Å². The van der Waals surface area contributed by atoms with Crippen LogP contribution in [-0.4, -0.2) is 9.97 Å². The maximum atomic E-state index is 8.75. The van der Waals surface area contributed by atoms with Crippen LogP contribution < -0.4 is 0 Å². The third kappa shape index (κ3) is 3.29. The molecule has 5 heteroatoms. The second kappa shape index (κ2) is 5.80. The van der Waals surface area contributed by atoms with Crippen molar-refractivity contribution >= 4 is 27.7 Å². The molecule has 0 aliphatic carbocycles. The monoisotopic (exact) mass is 305 g/mol. The minimum atomic E-state index is 0.447. The number of nitrogens with zero attached hydrogens (tertiary/aromatic N) is 3. The molecular weight excluding hydrogens is 298 g/mol. The summed E-state index contributed by atoms with van der Waals surface area (Å²) in [5.41, 5.74) is 1.52. The number of pyridine rings is 2. The summed E-state index contributed by atoms with van der Waals surface area (Å²) in [4.78, 5) is 8.21. The van der Waals surface area contributed by atoms with Gasteiger partial charge in [-0.25, -0.2) is 9.97 Å². The Hall–Kier alpha value is -1.38. The van der Waals surface area contributed by atoms with Crippen molar-refractivity contribution in [1.82, 2.24) is 9.97 Å². The fraction of sp³-hybridized carbons (Fsp3) is 0.0833. The van der Waals surface area contributed by atoms with E-state index in [1.54, 1.807) is 30.2 Å². The molecule has 0 N–H and O–H groups in total. The Bertz CT molecular complexity index is 566. The minimum Gasteiger partial charge on any atom is -0.249 e. The van der Waals surface area contributed by atoms with Gasteiger partial charge in [0, 0.05) is 22.6 Å². The maximum Gasteiger partial charge on any atom is 0.140 e. The van der Waals surface area contributed by atoms with E-state index in [-0.39, 0.29) is 0 Å². The van der Waals surface area contributed by atoms with Gasteiger partial charge in [-0.1, -0.05) is 0 Å². The van der Waals surface area contributed by atoms with Crippen LogP contribution in [0.3, 0.4) is 0 Å². The number of hydrogen-bond acceptors (Lipinski definition) is 4. The van der Waals surface area contributed by atoms with E-state index < -0.39 is 0 Å². The normalized spacial score (nSPS) is 9.88. The van der Waals surface area contributed by atoms with Gasteiger partial charge in [0.15, 0.2) is 0 Å². The van der Waals surface area contributed by atoms with E-state index in [1.807, 2.05) is 24.3 Å². The molecule has 0 spiro atoms. The summed E-state index contributed by atoms with van der Waals surface area (Å²) in [6.07, 6.45) is 3.42. The van der Waals surface area contributed by atoms with Gasteiger partial charge in [0.2, 0.25) is 0 Å². The molecule has 0 aliphatic rings. The van der Waals surface area contributed by atoms with Crippen LogP contribution >= 0.6 is 27.7 Å². The second-order valence-electron chi connectivity index (χ2n) is 3.24. The summed E-state index contributed by atoms with van der Waals surface area (Å²) in [5.74, 6) is 0.771. The highest BCUT2D eigenvalue weighted by molar-refractivity contribution is 9.10. The van der Waals surface area contributed by atoms with Crippen molar-refractivity contribution in [3.05, 3.63) is 52.4 Å². The van der Waals surface area contributed by atoms with E-state index in [0.717, 1.165) is 20.8 Å². The van der Waals surface area contributed by atoms with Gasteiger partial charge in [0.25, 0.3) is 0 Å². The fourth-order valence-corrected chi connectivity index (χ4v) is 2.68. The Labute approximate surface area is 112 Å². The summed E-state index contributed by atoms with van der Waals surface area (Å²) in [5, 5.41) is 9.70. The molecule has 0 atom stereocenters. The average Bonchev–Trinajstić information content (AvgIpc) is 2.38. The topological polar surface area (TPSA) is 49.6 Å². The second-order valence-corrected chi connectivity index (χ2v) is 5.06. The lowest BCUT2D eigenvalue weighted by Gasteiger charge is -2.03. The molecule has 17 heavy (non-hydrogen) atoms. The lowest BCUT2D eigenvalue weighted by molar-refractivity contribution is 1.11. The molecule has 0 fully saturated rings. The third-order valence-corrected chi connectivity index (χ3v) is 4.02. The van der Waals surface area contributed by atoms with E-state index in [2.05, 4.69) is 25.9 Å². The molecule has 0 unspecified atom stereocenters. The summed E-state index contributed by atoms with van der Waals surface area (Å²) in [6.45, 7) is 0. The first-order valence-corrected chi connectivity index (χ1v) is 6.66. The zero-order valence-electron chi connectivity index (χ0n) is 8.80. The van der Waals surface area contributed by atoms with Gasteiger partial charge in [-0.2, -0.15) is 5.26 Å². The minimum absolute atomic E-state index is 0.447. The first-order chi connectivity index (χ1) is 8.29. The van der Waals surface area contributed by atoms with Gasteiger partial charge in [0.1, 0.15) is 16.8 Å². The molecule has 84 valence electrons. The zero-order chi connectivity index (χ0) is 12.1. The smallest absolute Gasteiger partial charge is 0.140 e. The highest BCUT2D eigenvalue weighted by atomic mass is 79.9. The predicted octanol–water partition coefficient (Wildman–Crippen LogP) is 3.40. The molecule has 0 saturated carbocycles. The van der Waals surface area contributed by atoms with Crippen molar-refractivity contribution < 1.29 is 0 Å². The van der Waals surface area contributed by atoms with Gasteiger partial charge >= 0.3 is 0 Å². The maximum absolute atomic E-state index is 8.75. The van der Waals surface area contributed by atoms with Gasteiger partial charge in [-0.05, 0) is 45.8 Å². The molecular formula is C12H8BrN3S. The first-order valence-electron chi connectivity index (χ1n) is 4.88. The number of rotatable bonds is 3. The van der Waals surface area contributed by atoms with Crippen LogP contribution in [0, 0.1) is 11.3 Å². The van der Waals surface area contributed by atoms with E-state index in [0.29, 0.717) is 5.69 Å². The molecule has 0 aliphatic heterocycles. The third-order valence-electron chi connectivity index (χ3n) is 2.04. The van der Waals surface area contributed by atoms with E-state index in [1.165, 1.54) is 0 Å². The van der Waals surface area contributed by atoms with Gasteiger partial charge in [-0.3, -0.25) is 0 Å². The Morgan fingerprint density at radius 1 is 1.29 bits per heavy atom. The standard InChI is InChI=1S/C12H8BrN3S/c13-11-2-1-4-16-12(11)17-8-9-3-5-15-10(6-9)7-14/h1-6H,8H2. The summed E-state index contributed by atoms with van der Waals surface area (Å²) in [6, 6.07) is 9.58. The quantitative estimate of drug-likeness (QED) is 0.816. The Balaban J connectivity index is 2.08. The Morgan fingerprint density at radius 2 is 2.18 bits per heavy atom. The van der Waals surface area contributed by atoms with Crippen molar-refractivity contribution in [3.8, 4) is 6.07 Å². The molecule has 3 nitrogen and oxygen atoms in total. The molecule has 0 aromatic carbocycles. The van der Waals surface area contributed by atoms with Crippen LogP contribution in [0.15, 0.2) is 46.2 Å². The largest absolute Gasteiger partial charge is 0.249 e. The first kappa shape index (κ1) is 12.1. The van der Waals surface area contributed by atoms with Crippen molar-refractivity contribution in [3.63, 3.8) is 0 Å². The zero-order valence-corrected chi connectivity index (χ0v) is 11.2. The van der Waals surface area contributed by atoms with Crippen LogP contribution in [0.5, 0.6) is 0 Å². The van der Waals surface area contributed by atoms with Gasteiger partial charge < -0.3 is 0 Å². The molecule has 2 aromatic heterocycles. The number of halogens is 1. The van der Waals surface area contributed by atoms with Crippen molar-refractivity contribution in [2.45, 2.75) is 10.8 Å². The SMILES string of the molecule is N#Cc1cc(CSc2ncccc2Br)ccn1. The van der Waals surface area contributed by atoms with E-state index >= 15 is 0 Å². The number of aromatic nitrogens is 2. The average molecular weight is 306 g/mol. The summed E-state index contributed by atoms with van der Waals surface area (Å²) in [7, 11) is 0. The highest BCUT2D eigenvalue weighted by Gasteiger charge is 2.02. The Morgan fingerprint density at radius 3 is 2.94 bits per heavy atom. The Kier molecular flexibility index (Phi) is 4.13. The number of thioether (sulfide) groups is 1. The lowest BCUT2D eigenvalue weighted by Crippen LogP contribution is -1.87. The number of hydrogen-bond donors (Lipinski definition) is 0.